The first-order valence-electron chi connectivity index (χ1n) is 12.6. The fraction of sp³-hybridized carbons (Fsp3) is 0.333. The third kappa shape index (κ3) is 6.06. The van der Waals surface area contributed by atoms with Gasteiger partial charge in [0, 0.05) is 45.8 Å². The van der Waals surface area contributed by atoms with Gasteiger partial charge < -0.3 is 9.84 Å². The predicted molar refractivity (Wildman–Crippen MR) is 147 cm³/mol. The Morgan fingerprint density at radius 2 is 1.23 bits per heavy atom. The molecule has 0 atom stereocenters. The lowest BCUT2D eigenvalue weighted by Gasteiger charge is -2.10. The van der Waals surface area contributed by atoms with Gasteiger partial charge in [0.1, 0.15) is 11.5 Å². The normalized spacial score (nSPS) is 10.6. The quantitative estimate of drug-likeness (QED) is 0.174. The van der Waals surface area contributed by atoms with Crippen LogP contribution in [0.1, 0.15) is 50.5 Å². The number of aromatic amines is 2. The first-order valence-corrected chi connectivity index (χ1v) is 12.6. The minimum absolute atomic E-state index is 0.0187. The largest absolute Gasteiger partial charge is 0.507 e. The number of nitro groups is 2. The molecular weight excluding hydrogens is 504 g/mol. The average Bonchev–Trinajstić information content (AvgIpc) is 3.56. The Bertz CT molecular complexity index is 1430. The molecule has 4 aromatic rings. The zero-order valence-electron chi connectivity index (χ0n) is 22.6. The molecule has 3 N–H and O–H groups in total. The van der Waals surface area contributed by atoms with Crippen molar-refractivity contribution in [3.63, 3.8) is 0 Å². The minimum Gasteiger partial charge on any atom is -0.507 e. The SMILES string of the molecule is CCc1n[nH]c(CC)c1-c1ccc([N+](=O)[O-])cc1O.CCc1n[nH]c(CC)c1-c1ccc([N+](=O)[O-])cc1OC. The van der Waals surface area contributed by atoms with Crippen LogP contribution >= 0.6 is 0 Å². The van der Waals surface area contributed by atoms with E-state index in [1.165, 1.54) is 31.4 Å². The van der Waals surface area contributed by atoms with Crippen LogP contribution in [-0.2, 0) is 25.7 Å². The Labute approximate surface area is 225 Å². The van der Waals surface area contributed by atoms with Gasteiger partial charge in [0.25, 0.3) is 11.4 Å². The van der Waals surface area contributed by atoms with E-state index in [0.29, 0.717) is 11.3 Å². The molecule has 0 bridgehead atoms. The highest BCUT2D eigenvalue weighted by Gasteiger charge is 2.20. The number of rotatable bonds is 9. The van der Waals surface area contributed by atoms with E-state index in [1.807, 2.05) is 27.7 Å². The van der Waals surface area contributed by atoms with E-state index in [0.717, 1.165) is 65.1 Å². The standard InChI is InChI=1S/C14H17N3O3.C13H15N3O3/c1-4-11-14(12(5-2)16-15-11)10-7-6-9(17(18)19)8-13(10)20-3;1-3-10-13(11(4-2)15-14-10)9-6-5-8(16(18)19)7-12(9)17/h6-8H,4-5H2,1-3H3,(H,15,16);5-7,17H,3-4H2,1-2H3,(H,14,15). The monoisotopic (exact) mass is 536 g/mol. The van der Waals surface area contributed by atoms with Crippen molar-refractivity contribution in [1.29, 1.82) is 0 Å². The van der Waals surface area contributed by atoms with Gasteiger partial charge in [-0.3, -0.25) is 30.4 Å². The fourth-order valence-corrected chi connectivity index (χ4v) is 4.35. The molecule has 0 radical (unpaired) electrons. The van der Waals surface area contributed by atoms with Crippen molar-refractivity contribution >= 4 is 11.4 Å². The van der Waals surface area contributed by atoms with E-state index in [9.17, 15) is 25.3 Å². The molecule has 12 nitrogen and oxygen atoms in total. The van der Waals surface area contributed by atoms with Crippen LogP contribution in [0.4, 0.5) is 11.4 Å². The van der Waals surface area contributed by atoms with Crippen LogP contribution in [-0.4, -0.2) is 42.5 Å². The zero-order chi connectivity index (χ0) is 28.7. The summed E-state index contributed by atoms with van der Waals surface area (Å²) in [6, 6.07) is 8.78. The van der Waals surface area contributed by atoms with E-state index in [4.69, 9.17) is 4.74 Å². The molecule has 0 amide bonds. The van der Waals surface area contributed by atoms with Crippen LogP contribution in [0, 0.1) is 20.2 Å². The van der Waals surface area contributed by atoms with E-state index in [1.54, 1.807) is 12.1 Å². The number of nitrogens with one attached hydrogen (secondary N) is 2. The highest BCUT2D eigenvalue weighted by Crippen LogP contribution is 2.37. The molecule has 0 unspecified atom stereocenters. The number of phenolic OH excluding ortho intramolecular Hbond substituents is 1. The third-order valence-corrected chi connectivity index (χ3v) is 6.34. The molecule has 0 fully saturated rings. The number of non-ortho nitro benzene ring substituents is 2. The number of aromatic hydroxyl groups is 1. The van der Waals surface area contributed by atoms with E-state index < -0.39 is 9.85 Å². The lowest BCUT2D eigenvalue weighted by molar-refractivity contribution is -0.385. The van der Waals surface area contributed by atoms with Crippen LogP contribution in [0.2, 0.25) is 0 Å². The zero-order valence-corrected chi connectivity index (χ0v) is 22.6. The van der Waals surface area contributed by atoms with E-state index in [-0.39, 0.29) is 17.1 Å². The summed E-state index contributed by atoms with van der Waals surface area (Å²) in [5.41, 5.74) is 6.85. The van der Waals surface area contributed by atoms with E-state index in [2.05, 4.69) is 20.4 Å². The van der Waals surface area contributed by atoms with Crippen molar-refractivity contribution in [2.75, 3.05) is 7.11 Å². The number of phenols is 1. The summed E-state index contributed by atoms with van der Waals surface area (Å²) >= 11 is 0. The van der Waals surface area contributed by atoms with Gasteiger partial charge in [0.15, 0.2) is 0 Å². The molecule has 206 valence electrons. The fourth-order valence-electron chi connectivity index (χ4n) is 4.35. The Kier molecular flexibility index (Phi) is 9.37. The maximum absolute atomic E-state index is 10.8. The predicted octanol–water partition coefficient (Wildman–Crippen LogP) is 5.93. The number of aryl methyl sites for hydroxylation is 4. The highest BCUT2D eigenvalue weighted by atomic mass is 16.6. The number of hydrogen-bond donors (Lipinski definition) is 3. The number of H-pyrrole nitrogens is 2. The summed E-state index contributed by atoms with van der Waals surface area (Å²) in [6.45, 7) is 8.02. The molecule has 4 rings (SSSR count). The Balaban J connectivity index is 0.000000216. The number of ether oxygens (including phenoxy) is 1. The number of nitrogens with zero attached hydrogens (tertiary/aromatic N) is 4. The van der Waals surface area contributed by atoms with Gasteiger partial charge in [0.05, 0.1) is 40.5 Å². The van der Waals surface area contributed by atoms with Crippen molar-refractivity contribution in [3.05, 3.63) is 79.4 Å². The first kappa shape index (κ1) is 28.8. The number of benzene rings is 2. The van der Waals surface area contributed by atoms with Crippen LogP contribution in [0.25, 0.3) is 22.3 Å². The van der Waals surface area contributed by atoms with Crippen LogP contribution < -0.4 is 4.74 Å². The van der Waals surface area contributed by atoms with Crippen LogP contribution in [0.15, 0.2) is 36.4 Å². The van der Waals surface area contributed by atoms with Gasteiger partial charge in [0.2, 0.25) is 0 Å². The third-order valence-electron chi connectivity index (χ3n) is 6.34. The van der Waals surface area contributed by atoms with Crippen LogP contribution in [0.3, 0.4) is 0 Å². The van der Waals surface area contributed by atoms with Crippen LogP contribution in [0.5, 0.6) is 11.5 Å². The first-order chi connectivity index (χ1) is 18.7. The molecule has 2 aromatic carbocycles. The topological polar surface area (TPSA) is 173 Å². The summed E-state index contributed by atoms with van der Waals surface area (Å²) in [5.74, 6) is 0.394. The number of methoxy groups -OCH3 is 1. The lowest BCUT2D eigenvalue weighted by atomic mass is 9.99. The molecule has 0 aliphatic rings. The Morgan fingerprint density at radius 1 is 0.769 bits per heavy atom. The molecule has 0 aliphatic carbocycles. The number of aromatic nitrogens is 4. The maximum Gasteiger partial charge on any atom is 0.273 e. The lowest BCUT2D eigenvalue weighted by Crippen LogP contribution is -1.95. The molecule has 12 heteroatoms. The number of nitro benzene ring substituents is 2. The second-order valence-electron chi connectivity index (χ2n) is 8.56. The van der Waals surface area contributed by atoms with Crippen molar-refractivity contribution < 1.29 is 19.7 Å². The van der Waals surface area contributed by atoms with Crippen molar-refractivity contribution in [2.45, 2.75) is 53.4 Å². The molecule has 2 aromatic heterocycles. The number of hydrogen-bond acceptors (Lipinski definition) is 8. The summed E-state index contributed by atoms with van der Waals surface area (Å²) in [5, 5.41) is 46.0. The van der Waals surface area contributed by atoms with Crippen molar-refractivity contribution in [1.82, 2.24) is 20.4 Å². The van der Waals surface area contributed by atoms with Gasteiger partial charge >= 0.3 is 0 Å². The summed E-state index contributed by atoms with van der Waals surface area (Å²) < 4.78 is 5.31. The molecule has 0 spiro atoms. The van der Waals surface area contributed by atoms with Gasteiger partial charge in [-0.25, -0.2) is 0 Å². The second kappa shape index (κ2) is 12.7. The molecular formula is C27H32N6O6. The Hall–Kier alpha value is -4.74. The van der Waals surface area contributed by atoms with Gasteiger partial charge in [-0.05, 0) is 37.8 Å². The van der Waals surface area contributed by atoms with E-state index >= 15 is 0 Å². The van der Waals surface area contributed by atoms with Gasteiger partial charge in [-0.1, -0.05) is 27.7 Å². The second-order valence-corrected chi connectivity index (χ2v) is 8.56. The maximum atomic E-state index is 10.8. The molecule has 0 aliphatic heterocycles. The average molecular weight is 537 g/mol. The Morgan fingerprint density at radius 3 is 1.64 bits per heavy atom. The summed E-state index contributed by atoms with van der Waals surface area (Å²) in [6.07, 6.45) is 3.06. The highest BCUT2D eigenvalue weighted by molar-refractivity contribution is 5.77. The molecule has 0 saturated carbocycles. The van der Waals surface area contributed by atoms with Gasteiger partial charge in [-0.2, -0.15) is 10.2 Å². The minimum atomic E-state index is -0.527. The summed E-state index contributed by atoms with van der Waals surface area (Å²) in [7, 11) is 1.51. The van der Waals surface area contributed by atoms with Gasteiger partial charge in [-0.15, -0.1) is 0 Å². The van der Waals surface area contributed by atoms with Crippen molar-refractivity contribution in [3.8, 4) is 33.8 Å². The van der Waals surface area contributed by atoms with Crippen molar-refractivity contribution in [2.24, 2.45) is 0 Å². The molecule has 0 saturated heterocycles. The summed E-state index contributed by atoms with van der Waals surface area (Å²) in [4.78, 5) is 20.6. The molecule has 39 heavy (non-hydrogen) atoms. The molecule has 2 heterocycles. The smallest absolute Gasteiger partial charge is 0.273 e.